The van der Waals surface area contributed by atoms with E-state index in [1.165, 1.54) is 25.0 Å². The van der Waals surface area contributed by atoms with Crippen LogP contribution in [0.25, 0.3) is 0 Å². The highest BCUT2D eigenvalue weighted by Crippen LogP contribution is 2.28. The average Bonchev–Trinajstić information content (AvgIpc) is 3.32. The van der Waals surface area contributed by atoms with Gasteiger partial charge in [-0.15, -0.1) is 12.4 Å². The fourth-order valence-corrected chi connectivity index (χ4v) is 2.94. The topological polar surface area (TPSA) is 32.3 Å². The van der Waals surface area contributed by atoms with Gasteiger partial charge in [0.05, 0.1) is 0 Å². The molecular formula is C17H24ClFN2O. The van der Waals surface area contributed by atoms with Crippen molar-refractivity contribution < 1.29 is 9.18 Å². The maximum atomic E-state index is 13.3. The Balaban J connectivity index is 0.00000176. The van der Waals surface area contributed by atoms with E-state index in [1.807, 2.05) is 11.8 Å². The van der Waals surface area contributed by atoms with Crippen molar-refractivity contribution in [3.05, 3.63) is 35.1 Å². The van der Waals surface area contributed by atoms with Crippen LogP contribution in [-0.2, 0) is 0 Å². The van der Waals surface area contributed by atoms with Gasteiger partial charge < -0.3 is 10.2 Å². The van der Waals surface area contributed by atoms with E-state index in [1.54, 1.807) is 6.07 Å². The molecule has 0 spiro atoms. The zero-order valence-electron chi connectivity index (χ0n) is 13.0. The van der Waals surface area contributed by atoms with Gasteiger partial charge >= 0.3 is 0 Å². The number of piperidine rings is 1. The van der Waals surface area contributed by atoms with Crippen LogP contribution in [0.2, 0.25) is 0 Å². The zero-order valence-corrected chi connectivity index (χ0v) is 13.8. The van der Waals surface area contributed by atoms with Crippen LogP contribution < -0.4 is 5.32 Å². The first-order valence-corrected chi connectivity index (χ1v) is 7.92. The van der Waals surface area contributed by atoms with E-state index in [0.717, 1.165) is 44.0 Å². The summed E-state index contributed by atoms with van der Waals surface area (Å²) < 4.78 is 13.3. The number of hydrogen-bond donors (Lipinski definition) is 1. The summed E-state index contributed by atoms with van der Waals surface area (Å²) in [5, 5.41) is 3.61. The number of nitrogens with one attached hydrogen (secondary N) is 1. The van der Waals surface area contributed by atoms with E-state index >= 15 is 0 Å². The van der Waals surface area contributed by atoms with Gasteiger partial charge in [0, 0.05) is 24.7 Å². The Kier molecular flexibility index (Phi) is 5.81. The summed E-state index contributed by atoms with van der Waals surface area (Å²) in [6, 6.07) is 4.96. The Morgan fingerprint density at radius 3 is 2.59 bits per heavy atom. The molecule has 5 heteroatoms. The lowest BCUT2D eigenvalue weighted by molar-refractivity contribution is 0.0703. The summed E-state index contributed by atoms with van der Waals surface area (Å²) in [4.78, 5) is 14.4. The molecule has 1 aromatic carbocycles. The van der Waals surface area contributed by atoms with E-state index in [2.05, 4.69) is 5.32 Å². The third kappa shape index (κ3) is 4.20. The number of likely N-dealkylation sites (tertiary alicyclic amines) is 1. The van der Waals surface area contributed by atoms with E-state index in [4.69, 9.17) is 0 Å². The van der Waals surface area contributed by atoms with Crippen LogP contribution in [0.3, 0.4) is 0 Å². The first-order chi connectivity index (χ1) is 10.1. The van der Waals surface area contributed by atoms with Crippen molar-refractivity contribution in [3.8, 4) is 0 Å². The van der Waals surface area contributed by atoms with E-state index in [0.29, 0.717) is 11.6 Å². The average molecular weight is 327 g/mol. The van der Waals surface area contributed by atoms with Crippen molar-refractivity contribution in [1.82, 2.24) is 10.2 Å². The number of carbonyl (C=O) groups excluding carboxylic acids is 1. The van der Waals surface area contributed by atoms with Crippen molar-refractivity contribution in [2.75, 3.05) is 19.6 Å². The standard InChI is InChI=1S/C17H23FN2O.ClH/c1-12-2-5-14(18)10-16(12)17(21)20-8-6-15(7-9-20)19-11-13-3-4-13;/h2,5,10,13,15,19H,3-4,6-9,11H2,1H3;1H. The zero-order chi connectivity index (χ0) is 14.8. The largest absolute Gasteiger partial charge is 0.339 e. The minimum Gasteiger partial charge on any atom is -0.339 e. The van der Waals surface area contributed by atoms with Gasteiger partial charge in [-0.1, -0.05) is 6.07 Å². The Morgan fingerprint density at radius 1 is 1.27 bits per heavy atom. The molecule has 0 unspecified atom stereocenters. The number of benzene rings is 1. The molecule has 1 N–H and O–H groups in total. The van der Waals surface area contributed by atoms with Crippen molar-refractivity contribution >= 4 is 18.3 Å². The monoisotopic (exact) mass is 326 g/mol. The second kappa shape index (κ2) is 7.42. The van der Waals surface area contributed by atoms with Gasteiger partial charge in [0.15, 0.2) is 0 Å². The molecule has 1 amide bonds. The van der Waals surface area contributed by atoms with E-state index in [9.17, 15) is 9.18 Å². The molecular weight excluding hydrogens is 303 g/mol. The highest BCUT2D eigenvalue weighted by molar-refractivity contribution is 5.95. The Bertz CT molecular complexity index is 525. The molecule has 0 radical (unpaired) electrons. The summed E-state index contributed by atoms with van der Waals surface area (Å²) in [6.45, 7) is 4.51. The molecule has 1 aromatic rings. The molecule has 22 heavy (non-hydrogen) atoms. The summed E-state index contributed by atoms with van der Waals surface area (Å²) >= 11 is 0. The highest BCUT2D eigenvalue weighted by Gasteiger charge is 2.26. The summed E-state index contributed by atoms with van der Waals surface area (Å²) in [7, 11) is 0. The van der Waals surface area contributed by atoms with E-state index < -0.39 is 0 Å². The first kappa shape index (κ1) is 17.2. The molecule has 1 saturated heterocycles. The fraction of sp³-hybridized carbons (Fsp3) is 0.588. The lowest BCUT2D eigenvalue weighted by Gasteiger charge is -2.33. The molecule has 1 aliphatic carbocycles. The Hall–Kier alpha value is -1.13. The summed E-state index contributed by atoms with van der Waals surface area (Å²) in [6.07, 6.45) is 4.71. The van der Waals surface area contributed by atoms with Crippen molar-refractivity contribution in [1.29, 1.82) is 0 Å². The molecule has 1 saturated carbocycles. The van der Waals surface area contributed by atoms with Crippen molar-refractivity contribution in [2.45, 2.75) is 38.6 Å². The van der Waals surface area contributed by atoms with Crippen LogP contribution >= 0.6 is 12.4 Å². The van der Waals surface area contributed by atoms with Gasteiger partial charge in [-0.3, -0.25) is 4.79 Å². The second-order valence-corrected chi connectivity index (χ2v) is 6.38. The summed E-state index contributed by atoms with van der Waals surface area (Å²) in [5.41, 5.74) is 1.34. The highest BCUT2D eigenvalue weighted by atomic mass is 35.5. The van der Waals surface area contributed by atoms with Gasteiger partial charge in [-0.2, -0.15) is 0 Å². The number of aryl methyl sites for hydroxylation is 1. The number of halogens is 2. The van der Waals surface area contributed by atoms with Gasteiger partial charge in [-0.25, -0.2) is 4.39 Å². The fourth-order valence-electron chi connectivity index (χ4n) is 2.94. The second-order valence-electron chi connectivity index (χ2n) is 6.38. The van der Waals surface area contributed by atoms with Crippen LogP contribution in [0.15, 0.2) is 18.2 Å². The molecule has 0 bridgehead atoms. The van der Waals surface area contributed by atoms with Crippen LogP contribution in [0, 0.1) is 18.7 Å². The number of hydrogen-bond acceptors (Lipinski definition) is 2. The van der Waals surface area contributed by atoms with Crippen molar-refractivity contribution in [3.63, 3.8) is 0 Å². The number of nitrogens with zero attached hydrogens (tertiary/aromatic N) is 1. The molecule has 1 heterocycles. The van der Waals surface area contributed by atoms with Gasteiger partial charge in [0.1, 0.15) is 5.82 Å². The molecule has 0 aromatic heterocycles. The van der Waals surface area contributed by atoms with Gasteiger partial charge in [0.2, 0.25) is 0 Å². The molecule has 3 rings (SSSR count). The maximum absolute atomic E-state index is 13.3. The molecule has 1 aliphatic heterocycles. The lowest BCUT2D eigenvalue weighted by Crippen LogP contribution is -2.45. The van der Waals surface area contributed by atoms with Gasteiger partial charge in [-0.05, 0) is 62.8 Å². The predicted octanol–water partition coefficient (Wildman–Crippen LogP) is 3.16. The third-order valence-electron chi connectivity index (χ3n) is 4.60. The molecule has 0 atom stereocenters. The molecule has 3 nitrogen and oxygen atoms in total. The van der Waals surface area contributed by atoms with Crippen LogP contribution in [0.4, 0.5) is 4.39 Å². The Morgan fingerprint density at radius 2 is 1.95 bits per heavy atom. The predicted molar refractivity (Wildman–Crippen MR) is 88.0 cm³/mol. The van der Waals surface area contributed by atoms with Crippen LogP contribution in [0.5, 0.6) is 0 Å². The smallest absolute Gasteiger partial charge is 0.254 e. The minimum absolute atomic E-state index is 0. The molecule has 2 aliphatic rings. The number of rotatable bonds is 4. The van der Waals surface area contributed by atoms with Crippen LogP contribution in [0.1, 0.15) is 41.6 Å². The van der Waals surface area contributed by atoms with Crippen LogP contribution in [-0.4, -0.2) is 36.5 Å². The third-order valence-corrected chi connectivity index (χ3v) is 4.60. The SMILES string of the molecule is Cc1ccc(F)cc1C(=O)N1CCC(NCC2CC2)CC1.Cl. The lowest BCUT2D eigenvalue weighted by atomic mass is 10.0. The number of carbonyl (C=O) groups is 1. The first-order valence-electron chi connectivity index (χ1n) is 7.92. The minimum atomic E-state index is -0.343. The normalized spacial score (nSPS) is 18.9. The quantitative estimate of drug-likeness (QED) is 0.921. The van der Waals surface area contributed by atoms with Crippen molar-refractivity contribution in [2.24, 2.45) is 5.92 Å². The van der Waals surface area contributed by atoms with Gasteiger partial charge in [0.25, 0.3) is 5.91 Å². The summed E-state index contributed by atoms with van der Waals surface area (Å²) in [5.74, 6) is 0.511. The number of amides is 1. The molecule has 2 fully saturated rings. The molecule has 122 valence electrons. The maximum Gasteiger partial charge on any atom is 0.254 e. The van der Waals surface area contributed by atoms with E-state index in [-0.39, 0.29) is 24.1 Å². The Labute approximate surface area is 137 Å².